The second-order valence-corrected chi connectivity index (χ2v) is 3.66. The fourth-order valence-electron chi connectivity index (χ4n) is 1.53. The maximum absolute atomic E-state index is 11.2. The molecule has 0 radical (unpaired) electrons. The Morgan fingerprint density at radius 2 is 1.82 bits per heavy atom. The third-order valence-electron chi connectivity index (χ3n) is 2.40. The molecule has 1 heterocycles. The molecule has 0 aromatic carbocycles. The van der Waals surface area contributed by atoms with Crippen molar-refractivity contribution in [2.45, 2.75) is 25.7 Å². The molecule has 1 rings (SSSR count). The molecule has 7 heteroatoms. The first-order valence-electron chi connectivity index (χ1n) is 5.43. The van der Waals surface area contributed by atoms with Crippen molar-refractivity contribution in [1.82, 2.24) is 15.9 Å². The molecule has 1 aliphatic heterocycles. The first-order chi connectivity index (χ1) is 8.15. The lowest BCUT2D eigenvalue weighted by molar-refractivity contribution is -0.137. The SMILES string of the molecule is NNNC(=O)CCCCCN1C(=O)C=CC1=O. The van der Waals surface area contributed by atoms with Crippen LogP contribution in [-0.4, -0.2) is 29.2 Å². The molecule has 0 atom stereocenters. The Hall–Kier alpha value is -1.73. The van der Waals surface area contributed by atoms with Crippen LogP contribution in [0.15, 0.2) is 12.2 Å². The van der Waals surface area contributed by atoms with Crippen LogP contribution in [-0.2, 0) is 14.4 Å². The number of imide groups is 1. The fourth-order valence-corrected chi connectivity index (χ4v) is 1.53. The molecule has 0 aromatic heterocycles. The third-order valence-corrected chi connectivity index (χ3v) is 2.40. The van der Waals surface area contributed by atoms with E-state index in [-0.39, 0.29) is 17.7 Å². The van der Waals surface area contributed by atoms with Gasteiger partial charge < -0.3 is 0 Å². The summed E-state index contributed by atoms with van der Waals surface area (Å²) in [5, 5.41) is 0. The zero-order valence-electron chi connectivity index (χ0n) is 9.44. The number of hydrogen-bond acceptors (Lipinski definition) is 5. The maximum atomic E-state index is 11.2. The summed E-state index contributed by atoms with van der Waals surface area (Å²) in [5.74, 6) is 4.20. The molecular formula is C10H16N4O3. The number of amides is 3. The average Bonchev–Trinajstić information content (AvgIpc) is 2.60. The van der Waals surface area contributed by atoms with Gasteiger partial charge in [0.05, 0.1) is 0 Å². The van der Waals surface area contributed by atoms with Gasteiger partial charge in [0.15, 0.2) is 0 Å². The highest BCUT2D eigenvalue weighted by Gasteiger charge is 2.22. The summed E-state index contributed by atoms with van der Waals surface area (Å²) in [7, 11) is 0. The second-order valence-electron chi connectivity index (χ2n) is 3.66. The lowest BCUT2D eigenvalue weighted by Gasteiger charge is -2.12. The number of carbonyl (C=O) groups is 3. The molecule has 7 nitrogen and oxygen atoms in total. The molecule has 0 bridgehead atoms. The monoisotopic (exact) mass is 240 g/mol. The molecule has 0 unspecified atom stereocenters. The van der Waals surface area contributed by atoms with Crippen LogP contribution in [0.1, 0.15) is 25.7 Å². The summed E-state index contributed by atoms with van der Waals surface area (Å²) in [6.07, 6.45) is 5.06. The summed E-state index contributed by atoms with van der Waals surface area (Å²) in [4.78, 5) is 34.5. The Kier molecular flexibility index (Phi) is 5.31. The standard InChI is InChI=1S/C10H16N4O3/c11-13-12-8(15)4-2-1-3-7-14-9(16)5-6-10(14)17/h5-6,13H,1-4,7,11H2,(H,12,15). The number of nitrogens with two attached hydrogens (primary N) is 1. The van der Waals surface area contributed by atoms with Crippen LogP contribution in [0, 0.1) is 0 Å². The van der Waals surface area contributed by atoms with Gasteiger partial charge in [-0.15, -0.1) is 0 Å². The lowest BCUT2D eigenvalue weighted by Crippen LogP contribution is -2.42. The minimum absolute atomic E-state index is 0.178. The van der Waals surface area contributed by atoms with Gasteiger partial charge >= 0.3 is 0 Å². The van der Waals surface area contributed by atoms with Crippen LogP contribution in [0.2, 0.25) is 0 Å². The van der Waals surface area contributed by atoms with Crippen molar-refractivity contribution in [3.8, 4) is 0 Å². The van der Waals surface area contributed by atoms with Gasteiger partial charge in [-0.2, -0.15) is 5.53 Å². The van der Waals surface area contributed by atoms with E-state index in [1.165, 1.54) is 17.1 Å². The van der Waals surface area contributed by atoms with E-state index in [9.17, 15) is 14.4 Å². The number of hydrazine groups is 2. The molecule has 0 fully saturated rings. The van der Waals surface area contributed by atoms with Crippen LogP contribution < -0.4 is 16.8 Å². The molecule has 0 saturated heterocycles. The van der Waals surface area contributed by atoms with Gasteiger partial charge in [0.25, 0.3) is 11.8 Å². The van der Waals surface area contributed by atoms with Crippen LogP contribution in [0.4, 0.5) is 0 Å². The Labute approximate surface area is 99.0 Å². The Morgan fingerprint density at radius 3 is 2.41 bits per heavy atom. The highest BCUT2D eigenvalue weighted by molar-refractivity contribution is 6.12. The summed E-state index contributed by atoms with van der Waals surface area (Å²) >= 11 is 0. The summed E-state index contributed by atoms with van der Waals surface area (Å²) in [6.45, 7) is 0.404. The number of hydrogen-bond donors (Lipinski definition) is 3. The number of nitrogens with zero attached hydrogens (tertiary/aromatic N) is 1. The van der Waals surface area contributed by atoms with Crippen molar-refractivity contribution in [2.75, 3.05) is 6.54 Å². The van der Waals surface area contributed by atoms with Crippen LogP contribution in [0.5, 0.6) is 0 Å². The Balaban J connectivity index is 2.07. The van der Waals surface area contributed by atoms with Crippen molar-refractivity contribution in [3.63, 3.8) is 0 Å². The van der Waals surface area contributed by atoms with E-state index in [1.54, 1.807) is 0 Å². The molecule has 0 aliphatic carbocycles. The highest BCUT2D eigenvalue weighted by Crippen LogP contribution is 2.07. The van der Waals surface area contributed by atoms with Gasteiger partial charge in [0, 0.05) is 25.1 Å². The van der Waals surface area contributed by atoms with Gasteiger partial charge in [0.1, 0.15) is 0 Å². The third kappa shape index (κ3) is 4.33. The summed E-state index contributed by atoms with van der Waals surface area (Å²) in [6, 6.07) is 0. The van der Waals surface area contributed by atoms with Crippen molar-refractivity contribution in [2.24, 2.45) is 5.84 Å². The smallest absolute Gasteiger partial charge is 0.253 e. The summed E-state index contributed by atoms with van der Waals surface area (Å²) in [5.41, 5.74) is 4.31. The number of nitrogens with one attached hydrogen (secondary N) is 2. The normalized spacial score (nSPS) is 14.5. The fraction of sp³-hybridized carbons (Fsp3) is 0.500. The number of unbranched alkanes of at least 4 members (excludes halogenated alkanes) is 2. The predicted molar refractivity (Wildman–Crippen MR) is 59.8 cm³/mol. The van der Waals surface area contributed by atoms with Crippen molar-refractivity contribution in [3.05, 3.63) is 12.2 Å². The Bertz CT molecular complexity index is 322. The van der Waals surface area contributed by atoms with Crippen molar-refractivity contribution >= 4 is 17.7 Å². The average molecular weight is 240 g/mol. The molecule has 0 aromatic rings. The predicted octanol–water partition coefficient (Wildman–Crippen LogP) is -1.03. The van der Waals surface area contributed by atoms with Crippen molar-refractivity contribution in [1.29, 1.82) is 0 Å². The lowest BCUT2D eigenvalue weighted by atomic mass is 10.2. The first-order valence-corrected chi connectivity index (χ1v) is 5.43. The largest absolute Gasteiger partial charge is 0.278 e. The molecular weight excluding hydrogens is 224 g/mol. The minimum Gasteiger partial charge on any atom is -0.278 e. The van der Waals surface area contributed by atoms with E-state index in [1.807, 2.05) is 0 Å². The van der Waals surface area contributed by atoms with Crippen LogP contribution in [0.25, 0.3) is 0 Å². The second kappa shape index (κ2) is 6.77. The van der Waals surface area contributed by atoms with Gasteiger partial charge in [0.2, 0.25) is 5.91 Å². The molecule has 1 aliphatic rings. The maximum Gasteiger partial charge on any atom is 0.253 e. The van der Waals surface area contributed by atoms with Gasteiger partial charge in [-0.3, -0.25) is 30.6 Å². The van der Waals surface area contributed by atoms with Gasteiger partial charge in [-0.25, -0.2) is 0 Å². The van der Waals surface area contributed by atoms with E-state index in [0.717, 1.165) is 6.42 Å². The quantitative estimate of drug-likeness (QED) is 0.228. The van der Waals surface area contributed by atoms with E-state index in [4.69, 9.17) is 5.84 Å². The van der Waals surface area contributed by atoms with Crippen molar-refractivity contribution < 1.29 is 14.4 Å². The Morgan fingerprint density at radius 1 is 1.18 bits per heavy atom. The molecule has 0 saturated carbocycles. The van der Waals surface area contributed by atoms with E-state index < -0.39 is 0 Å². The highest BCUT2D eigenvalue weighted by atomic mass is 16.2. The zero-order chi connectivity index (χ0) is 12.7. The molecule has 17 heavy (non-hydrogen) atoms. The van der Waals surface area contributed by atoms with Gasteiger partial charge in [-0.05, 0) is 12.8 Å². The number of carbonyl (C=O) groups excluding carboxylic acids is 3. The van der Waals surface area contributed by atoms with Gasteiger partial charge in [-0.1, -0.05) is 6.42 Å². The molecule has 3 amide bonds. The number of rotatable bonds is 7. The minimum atomic E-state index is -0.264. The van der Waals surface area contributed by atoms with E-state index in [0.29, 0.717) is 25.8 Å². The van der Waals surface area contributed by atoms with E-state index in [2.05, 4.69) is 11.0 Å². The molecule has 0 spiro atoms. The first kappa shape index (κ1) is 13.3. The zero-order valence-corrected chi connectivity index (χ0v) is 9.44. The summed E-state index contributed by atoms with van der Waals surface area (Å²) < 4.78 is 0. The molecule has 94 valence electrons. The molecule has 4 N–H and O–H groups in total. The van der Waals surface area contributed by atoms with Crippen LogP contribution in [0.3, 0.4) is 0 Å². The van der Waals surface area contributed by atoms with E-state index >= 15 is 0 Å². The van der Waals surface area contributed by atoms with Crippen LogP contribution >= 0.6 is 0 Å². The topological polar surface area (TPSA) is 105 Å².